The Balaban J connectivity index is 0.000000602. The second kappa shape index (κ2) is 13.4. The molecule has 0 unspecified atom stereocenters. The first-order valence-electron chi connectivity index (χ1n) is 7.18. The van der Waals surface area contributed by atoms with Gasteiger partial charge in [-0.1, -0.05) is 92.8 Å². The van der Waals surface area contributed by atoms with Crippen LogP contribution in [-0.4, -0.2) is 79.6 Å². The Morgan fingerprint density at radius 3 is 0.788 bits per heavy atom. The molecule has 0 heterocycles. The van der Waals surface area contributed by atoms with Gasteiger partial charge < -0.3 is 30.0 Å². The number of carbonyl (C=O) groups excluding carboxylic acids is 2. The van der Waals surface area contributed by atoms with E-state index in [4.69, 9.17) is 103 Å². The van der Waals surface area contributed by atoms with Crippen molar-refractivity contribution in [2.75, 3.05) is 0 Å². The molecule has 0 bridgehead atoms. The van der Waals surface area contributed by atoms with Crippen LogP contribution in [0.3, 0.4) is 0 Å². The van der Waals surface area contributed by atoms with Gasteiger partial charge in [0.25, 0.3) is 0 Å². The van der Waals surface area contributed by atoms with E-state index in [1.807, 2.05) is 0 Å². The van der Waals surface area contributed by atoms with Gasteiger partial charge in [0.2, 0.25) is 0 Å². The maximum atomic E-state index is 10.8. The second-order valence-electron chi connectivity index (χ2n) is 5.20. The Hall–Kier alpha value is 0.121. The van der Waals surface area contributed by atoms with Crippen molar-refractivity contribution in [2.45, 2.75) is 0 Å². The minimum Gasteiger partial charge on any atom is -0.545 e. The smallest absolute Gasteiger partial charge is 0.545 e. The first-order valence-corrected chi connectivity index (χ1v) is 10.2. The number of hydrogen-bond donors (Lipinski definition) is 2. The van der Waals surface area contributed by atoms with E-state index in [2.05, 4.69) is 0 Å². The van der Waals surface area contributed by atoms with Gasteiger partial charge in [-0.15, -0.1) is 0 Å². The summed E-state index contributed by atoms with van der Waals surface area (Å²) in [6, 6.07) is 0. The first kappa shape index (κ1) is 33.1. The molecule has 8 nitrogen and oxygen atoms in total. The fourth-order valence-electron chi connectivity index (χ4n) is 2.05. The topological polar surface area (TPSA) is 155 Å². The van der Waals surface area contributed by atoms with Crippen LogP contribution in [0.4, 0.5) is 0 Å². The molecule has 0 saturated carbocycles. The van der Waals surface area contributed by atoms with Crippen molar-refractivity contribution in [1.82, 2.24) is 0 Å². The molecule has 0 aromatic heterocycles. The monoisotopic (exact) mass is 690 g/mol. The quantitative estimate of drug-likeness (QED) is 0.272. The van der Waals surface area contributed by atoms with Crippen LogP contribution in [0.1, 0.15) is 41.4 Å². The largest absolute Gasteiger partial charge is 2.00 e. The van der Waals surface area contributed by atoms with Crippen molar-refractivity contribution in [1.29, 1.82) is 0 Å². The molecule has 0 aliphatic carbocycles. The van der Waals surface area contributed by atoms with Gasteiger partial charge in [0, 0.05) is 11.1 Å². The van der Waals surface area contributed by atoms with Crippen molar-refractivity contribution in [3.05, 3.63) is 62.4 Å². The number of carbonyl (C=O) groups is 4. The third kappa shape index (κ3) is 7.09. The summed E-state index contributed by atoms with van der Waals surface area (Å²) in [7, 11) is 0. The Kier molecular flexibility index (Phi) is 13.5. The predicted octanol–water partition coefficient (Wildman–Crippen LogP) is 4.34. The molecule has 0 aliphatic rings. The van der Waals surface area contributed by atoms with Crippen LogP contribution >= 0.6 is 92.8 Å². The third-order valence-corrected chi connectivity index (χ3v) is 6.97. The fourth-order valence-corrected chi connectivity index (χ4v) is 4.07. The molecule has 172 valence electrons. The van der Waals surface area contributed by atoms with Crippen molar-refractivity contribution >= 4 is 162 Å². The number of carboxylic acid groups (broad SMARTS) is 4. The average Bonchev–Trinajstić information content (AvgIpc) is 2.69. The molecule has 0 amide bonds. The van der Waals surface area contributed by atoms with Crippen LogP contribution < -0.4 is 10.2 Å². The maximum absolute atomic E-state index is 10.8. The molecule has 33 heavy (non-hydrogen) atoms. The molecular formula is C16H2Cl8O8Sr. The minimum atomic E-state index is -1.80. The van der Waals surface area contributed by atoms with Crippen molar-refractivity contribution in [3.8, 4) is 0 Å². The third-order valence-electron chi connectivity index (χ3n) is 3.37. The number of aromatic carboxylic acids is 4. The summed E-state index contributed by atoms with van der Waals surface area (Å²) >= 11 is 44.6. The second-order valence-corrected chi connectivity index (χ2v) is 8.22. The first-order chi connectivity index (χ1) is 14.6. The van der Waals surface area contributed by atoms with E-state index in [0.717, 1.165) is 0 Å². The van der Waals surface area contributed by atoms with E-state index in [0.29, 0.717) is 0 Å². The number of halogens is 8. The van der Waals surface area contributed by atoms with E-state index >= 15 is 0 Å². The molecule has 0 aliphatic heterocycles. The SMILES string of the molecule is O=C([O-])c1c(Cl)c(Cl)c(Cl)c(Cl)c1C(=O)O.O=C([O-])c1c(Cl)c(Cl)c(Cl)c(Cl)c1C(=O)O.[Sr+2]. The Morgan fingerprint density at radius 1 is 0.455 bits per heavy atom. The summed E-state index contributed by atoms with van der Waals surface area (Å²) < 4.78 is 0. The molecule has 2 rings (SSSR count). The Bertz CT molecular complexity index is 1000. The summed E-state index contributed by atoms with van der Waals surface area (Å²) in [5.74, 6) is -6.79. The molecule has 2 N–H and O–H groups in total. The fraction of sp³-hybridized carbons (Fsp3) is 0. The zero-order valence-corrected chi connectivity index (χ0v) is 24.6. The van der Waals surface area contributed by atoms with Gasteiger partial charge in [-0.25, -0.2) is 9.59 Å². The summed E-state index contributed by atoms with van der Waals surface area (Å²) in [5.41, 5.74) is -3.09. The van der Waals surface area contributed by atoms with E-state index in [-0.39, 0.29) is 65.6 Å². The molecule has 2 aromatic carbocycles. The van der Waals surface area contributed by atoms with Crippen LogP contribution in [0.2, 0.25) is 40.2 Å². The number of carboxylic acids is 4. The van der Waals surface area contributed by atoms with E-state index in [1.165, 1.54) is 0 Å². The van der Waals surface area contributed by atoms with Crippen molar-refractivity contribution < 1.29 is 39.6 Å². The Labute approximate surface area is 261 Å². The average molecular weight is 693 g/mol. The predicted molar refractivity (Wildman–Crippen MR) is 121 cm³/mol. The molecule has 0 saturated heterocycles. The van der Waals surface area contributed by atoms with Crippen molar-refractivity contribution in [3.63, 3.8) is 0 Å². The molecule has 0 atom stereocenters. The van der Waals surface area contributed by atoms with Gasteiger partial charge in [0.05, 0.1) is 63.2 Å². The standard InChI is InChI=1S/2C8H2Cl4O4.Sr/c2*9-3-1(7(13)14)2(8(15)16)4(10)6(12)5(3)11;/h2*(H,13,14)(H,15,16);/q;;+2/p-2. The summed E-state index contributed by atoms with van der Waals surface area (Å²) in [6.07, 6.45) is 0. The van der Waals surface area contributed by atoms with Gasteiger partial charge >= 0.3 is 57.4 Å². The van der Waals surface area contributed by atoms with E-state index in [9.17, 15) is 29.4 Å². The van der Waals surface area contributed by atoms with E-state index in [1.54, 1.807) is 0 Å². The number of hydrogen-bond acceptors (Lipinski definition) is 6. The van der Waals surface area contributed by atoms with Crippen molar-refractivity contribution in [2.24, 2.45) is 0 Å². The van der Waals surface area contributed by atoms with Crippen LogP contribution in [0.5, 0.6) is 0 Å². The normalized spacial score (nSPS) is 9.94. The Morgan fingerprint density at radius 2 is 0.636 bits per heavy atom. The molecule has 0 radical (unpaired) electrons. The van der Waals surface area contributed by atoms with Crippen LogP contribution in [-0.2, 0) is 0 Å². The molecule has 0 fully saturated rings. The van der Waals surface area contributed by atoms with Gasteiger partial charge in [-0.2, -0.15) is 0 Å². The molecular weight excluding hydrogens is 691 g/mol. The summed E-state index contributed by atoms with van der Waals surface area (Å²) in [4.78, 5) is 43.1. The zero-order valence-electron chi connectivity index (χ0n) is 15.1. The maximum Gasteiger partial charge on any atom is 2.00 e. The van der Waals surface area contributed by atoms with Gasteiger partial charge in [-0.05, 0) is 0 Å². The number of benzene rings is 2. The minimum absolute atomic E-state index is 0. The van der Waals surface area contributed by atoms with Gasteiger partial charge in [0.1, 0.15) is 0 Å². The molecule has 2 aromatic rings. The molecule has 0 spiro atoms. The van der Waals surface area contributed by atoms with Crippen LogP contribution in [0.25, 0.3) is 0 Å². The summed E-state index contributed by atoms with van der Waals surface area (Å²) in [6.45, 7) is 0. The van der Waals surface area contributed by atoms with Gasteiger partial charge in [-0.3, -0.25) is 0 Å². The van der Waals surface area contributed by atoms with Crippen LogP contribution in [0, 0.1) is 0 Å². The zero-order chi connectivity index (χ0) is 25.2. The van der Waals surface area contributed by atoms with E-state index < -0.39 is 66.2 Å². The number of rotatable bonds is 4. The van der Waals surface area contributed by atoms with Crippen LogP contribution in [0.15, 0.2) is 0 Å². The summed E-state index contributed by atoms with van der Waals surface area (Å²) in [5, 5.41) is 35.7. The van der Waals surface area contributed by atoms with Gasteiger partial charge in [0.15, 0.2) is 0 Å². The molecule has 17 heteroatoms.